The molecular weight excluding hydrogens is 527 g/mol. The van der Waals surface area contributed by atoms with Crippen LogP contribution in [0.5, 0.6) is 5.75 Å². The molecular formula is C22H20F3NO6S3. The number of halogens is 3. The van der Waals surface area contributed by atoms with E-state index in [9.17, 15) is 27.6 Å². The summed E-state index contributed by atoms with van der Waals surface area (Å²) in [6.45, 7) is 4.83. The number of thioether (sulfide) groups is 2. The highest BCUT2D eigenvalue weighted by molar-refractivity contribution is 8.29. The van der Waals surface area contributed by atoms with Crippen molar-refractivity contribution in [2.24, 2.45) is 0 Å². The average molecular weight is 548 g/mol. The van der Waals surface area contributed by atoms with E-state index in [1.54, 1.807) is 6.92 Å². The Labute approximate surface area is 213 Å². The van der Waals surface area contributed by atoms with E-state index in [0.29, 0.717) is 20.5 Å². The molecule has 2 aliphatic heterocycles. The lowest BCUT2D eigenvalue weighted by Crippen LogP contribution is -2.59. The summed E-state index contributed by atoms with van der Waals surface area (Å²) in [6.07, 6.45) is -5.15. The lowest BCUT2D eigenvalue weighted by atomic mass is 9.83. The zero-order chi connectivity index (χ0) is 26.3. The maximum atomic E-state index is 13.6. The Hall–Kier alpha value is -2.51. The minimum atomic E-state index is -5.15. The third-order valence-corrected chi connectivity index (χ3v) is 8.38. The summed E-state index contributed by atoms with van der Waals surface area (Å²) in [4.78, 5) is 37.7. The summed E-state index contributed by atoms with van der Waals surface area (Å²) in [5.41, 5.74) is -1.11. The Morgan fingerprint density at radius 2 is 1.60 bits per heavy atom. The molecule has 0 aromatic heterocycles. The molecule has 2 heterocycles. The minimum absolute atomic E-state index is 0.0154. The Morgan fingerprint density at radius 3 is 2.06 bits per heavy atom. The van der Waals surface area contributed by atoms with Crippen LogP contribution in [0.1, 0.15) is 26.3 Å². The summed E-state index contributed by atoms with van der Waals surface area (Å²) in [6, 6.07) is 4.29. The molecule has 0 N–H and O–H groups in total. The van der Waals surface area contributed by atoms with Gasteiger partial charge in [-0.1, -0.05) is 35.7 Å². The SMILES string of the molecule is CCOc1ccc2c(c1)C(=C1SC(C(=O)OC)=C(C(=O)OC)S1)C(=S)C(C)(C)N2C(=O)C(F)(F)F. The van der Waals surface area contributed by atoms with Gasteiger partial charge in [-0.2, -0.15) is 13.2 Å². The number of hydrogen-bond acceptors (Lipinski definition) is 9. The van der Waals surface area contributed by atoms with Crippen LogP contribution in [-0.2, 0) is 23.9 Å². The first-order chi connectivity index (χ1) is 16.3. The summed E-state index contributed by atoms with van der Waals surface area (Å²) in [5, 5.41) is 0. The number of benzene rings is 1. The molecule has 1 aromatic rings. The van der Waals surface area contributed by atoms with Crippen molar-refractivity contribution in [1.82, 2.24) is 0 Å². The lowest BCUT2D eigenvalue weighted by molar-refractivity contribution is -0.171. The van der Waals surface area contributed by atoms with Gasteiger partial charge in [0.1, 0.15) is 15.6 Å². The molecule has 0 atom stereocenters. The van der Waals surface area contributed by atoms with E-state index >= 15 is 0 Å². The van der Waals surface area contributed by atoms with Gasteiger partial charge in [-0.15, -0.1) is 0 Å². The number of esters is 2. The van der Waals surface area contributed by atoms with E-state index in [1.165, 1.54) is 32.0 Å². The van der Waals surface area contributed by atoms with Crippen LogP contribution >= 0.6 is 35.7 Å². The molecule has 0 saturated carbocycles. The number of amides is 1. The van der Waals surface area contributed by atoms with Crippen molar-refractivity contribution in [3.8, 4) is 5.75 Å². The van der Waals surface area contributed by atoms with Gasteiger partial charge < -0.3 is 14.2 Å². The van der Waals surface area contributed by atoms with Crippen LogP contribution in [0.4, 0.5) is 18.9 Å². The summed E-state index contributed by atoms with van der Waals surface area (Å²) < 4.78 is 56.1. The number of rotatable bonds is 4. The fourth-order valence-electron chi connectivity index (χ4n) is 3.55. The summed E-state index contributed by atoms with van der Waals surface area (Å²) in [7, 11) is 2.30. The smallest absolute Gasteiger partial charge is 0.471 e. The van der Waals surface area contributed by atoms with E-state index < -0.39 is 29.6 Å². The van der Waals surface area contributed by atoms with E-state index in [4.69, 9.17) is 26.4 Å². The summed E-state index contributed by atoms with van der Waals surface area (Å²) in [5.74, 6) is -3.29. The maximum Gasteiger partial charge on any atom is 0.471 e. The van der Waals surface area contributed by atoms with Gasteiger partial charge in [0.2, 0.25) is 0 Å². The van der Waals surface area contributed by atoms with E-state index in [-0.39, 0.29) is 32.5 Å². The van der Waals surface area contributed by atoms with Crippen molar-refractivity contribution >= 4 is 69.7 Å². The quantitative estimate of drug-likeness (QED) is 0.299. The van der Waals surface area contributed by atoms with Crippen LogP contribution in [-0.4, -0.2) is 55.3 Å². The Morgan fingerprint density at radius 1 is 1.06 bits per heavy atom. The van der Waals surface area contributed by atoms with E-state index in [1.807, 2.05) is 0 Å². The zero-order valence-electron chi connectivity index (χ0n) is 19.2. The van der Waals surface area contributed by atoms with Gasteiger partial charge in [-0.05, 0) is 39.0 Å². The molecule has 0 spiro atoms. The van der Waals surface area contributed by atoms with Gasteiger partial charge >= 0.3 is 24.0 Å². The monoisotopic (exact) mass is 547 g/mol. The van der Waals surface area contributed by atoms with Gasteiger partial charge in [0.05, 0.1) is 41.2 Å². The summed E-state index contributed by atoms with van der Waals surface area (Å²) >= 11 is 7.43. The molecule has 188 valence electrons. The number of fused-ring (bicyclic) bond motifs is 1. The van der Waals surface area contributed by atoms with Crippen molar-refractivity contribution in [3.05, 3.63) is 37.8 Å². The van der Waals surface area contributed by atoms with Crippen LogP contribution in [0.15, 0.2) is 32.2 Å². The van der Waals surface area contributed by atoms with Crippen LogP contribution in [0.2, 0.25) is 0 Å². The molecule has 35 heavy (non-hydrogen) atoms. The third kappa shape index (κ3) is 4.81. The molecule has 3 rings (SSSR count). The number of nitrogens with zero attached hydrogens (tertiary/aromatic N) is 1. The molecule has 1 aromatic carbocycles. The number of hydrogen-bond donors (Lipinski definition) is 0. The fraction of sp³-hybridized carbons (Fsp3) is 0.364. The van der Waals surface area contributed by atoms with Crippen molar-refractivity contribution < 1.29 is 41.8 Å². The predicted molar refractivity (Wildman–Crippen MR) is 131 cm³/mol. The van der Waals surface area contributed by atoms with Crippen molar-refractivity contribution in [1.29, 1.82) is 0 Å². The van der Waals surface area contributed by atoms with Gasteiger partial charge in [-0.3, -0.25) is 9.69 Å². The molecule has 1 amide bonds. The molecule has 0 aliphatic carbocycles. The van der Waals surface area contributed by atoms with Crippen LogP contribution in [0.3, 0.4) is 0 Å². The number of thiocarbonyl (C=S) groups is 1. The molecule has 0 bridgehead atoms. The molecule has 0 saturated heterocycles. The van der Waals surface area contributed by atoms with Crippen molar-refractivity contribution in [2.45, 2.75) is 32.5 Å². The molecule has 2 aliphatic rings. The largest absolute Gasteiger partial charge is 0.494 e. The number of anilines is 1. The number of ether oxygens (including phenoxy) is 3. The third-order valence-electron chi connectivity index (χ3n) is 5.12. The molecule has 0 unspecified atom stereocenters. The Balaban J connectivity index is 2.30. The second kappa shape index (κ2) is 9.86. The second-order valence-corrected chi connectivity index (χ2v) is 10.4. The highest BCUT2D eigenvalue weighted by atomic mass is 32.2. The Kier molecular flexibility index (Phi) is 7.63. The van der Waals surface area contributed by atoms with Gasteiger partial charge in [0, 0.05) is 11.1 Å². The number of carbonyl (C=O) groups excluding carboxylic acids is 3. The van der Waals surface area contributed by atoms with Crippen molar-refractivity contribution in [2.75, 3.05) is 25.7 Å². The van der Waals surface area contributed by atoms with E-state index in [0.717, 1.165) is 37.7 Å². The molecule has 13 heteroatoms. The number of carbonyl (C=O) groups is 3. The molecule has 0 fully saturated rings. The maximum absolute atomic E-state index is 13.6. The number of methoxy groups -OCH3 is 2. The fourth-order valence-corrected chi connectivity index (χ4v) is 6.58. The first-order valence-corrected chi connectivity index (χ1v) is 12.1. The average Bonchev–Trinajstić information content (AvgIpc) is 3.23. The lowest BCUT2D eigenvalue weighted by Gasteiger charge is -2.45. The predicted octanol–water partition coefficient (Wildman–Crippen LogP) is 4.85. The standard InChI is InChI=1S/C22H20F3NO6S3/c1-6-32-10-7-8-12-11(9-10)13(16(33)21(2,3)26(12)20(29)22(23,24)25)19-34-14(17(27)30-4)15(35-19)18(28)31-5/h7-9H,6H2,1-5H3. The van der Waals surface area contributed by atoms with Gasteiger partial charge in [0.15, 0.2) is 0 Å². The van der Waals surface area contributed by atoms with Gasteiger partial charge in [-0.25, -0.2) is 9.59 Å². The normalized spacial score (nSPS) is 17.4. The van der Waals surface area contributed by atoms with Crippen LogP contribution < -0.4 is 9.64 Å². The Bertz CT molecular complexity index is 1160. The highest BCUT2D eigenvalue weighted by Gasteiger charge is 2.53. The van der Waals surface area contributed by atoms with Crippen LogP contribution in [0, 0.1) is 0 Å². The molecule has 0 radical (unpaired) electrons. The first kappa shape index (κ1) is 27.1. The first-order valence-electron chi connectivity index (χ1n) is 10.0. The van der Waals surface area contributed by atoms with Crippen LogP contribution in [0.25, 0.3) is 5.57 Å². The second-order valence-electron chi connectivity index (χ2n) is 7.65. The highest BCUT2D eigenvalue weighted by Crippen LogP contribution is 2.56. The van der Waals surface area contributed by atoms with Gasteiger partial charge in [0.25, 0.3) is 0 Å². The zero-order valence-corrected chi connectivity index (χ0v) is 21.6. The topological polar surface area (TPSA) is 82.1 Å². The van der Waals surface area contributed by atoms with Crippen molar-refractivity contribution in [3.63, 3.8) is 0 Å². The minimum Gasteiger partial charge on any atom is -0.494 e. The van der Waals surface area contributed by atoms with E-state index in [2.05, 4.69) is 0 Å². The molecule has 7 nitrogen and oxygen atoms in total. The number of alkyl halides is 3.